The van der Waals surface area contributed by atoms with Crippen molar-refractivity contribution < 1.29 is 17.6 Å². The van der Waals surface area contributed by atoms with E-state index in [4.69, 9.17) is 0 Å². The number of nitrogens with zero attached hydrogens (tertiary/aromatic N) is 4. The Morgan fingerprint density at radius 3 is 1.05 bits per heavy atom. The van der Waals surface area contributed by atoms with E-state index in [0.717, 1.165) is 66.7 Å². The highest BCUT2D eigenvalue weighted by Gasteiger charge is 2.27. The maximum absolute atomic E-state index is 16.8. The molecule has 0 aromatic heterocycles. The van der Waals surface area contributed by atoms with Gasteiger partial charge in [0.15, 0.2) is 0 Å². The lowest BCUT2D eigenvalue weighted by Crippen LogP contribution is -2.14. The second-order valence-electron chi connectivity index (χ2n) is 18.0. The number of halogens is 4. The lowest BCUT2D eigenvalue weighted by molar-refractivity contribution is 0.586. The predicted octanol–water partition coefficient (Wildman–Crippen LogP) is 18.5. The van der Waals surface area contributed by atoms with Crippen LogP contribution in [-0.2, 0) is 0 Å². The average molecular weight is 963 g/mol. The summed E-state index contributed by atoms with van der Waals surface area (Å²) < 4.78 is 66.1. The fraction of sp³-hybridized carbons (Fsp3) is 0. The van der Waals surface area contributed by atoms with Crippen LogP contribution in [0.3, 0.4) is 0 Å². The smallest absolute Gasteiger partial charge is 0.150 e. The standard InChI is InChI=1S/C66H38F4N4/c67-57-37-59(69)63(35-55(57)49-15-7-13-47(33-49)43-9-3-1-4-10-43)73(51-25-17-41(39-71)18-26-51)61-31-23-45-22-30-54-62(32-24-46-21-29-53(61)65(45)66(46)54)74(52-27-19-42(40-72)20-28-52)64-36-56(58(68)38-60(64)70)50-16-8-14-48(34-50)44-11-5-2-6-12-44/h1-38H. The van der Waals surface area contributed by atoms with Gasteiger partial charge >= 0.3 is 0 Å². The Labute approximate surface area is 424 Å². The lowest BCUT2D eigenvalue weighted by Gasteiger charge is -2.30. The highest BCUT2D eigenvalue weighted by Crippen LogP contribution is 2.49. The molecule has 0 N–H and O–H groups in total. The fourth-order valence-corrected chi connectivity index (χ4v) is 10.2. The Balaban J connectivity index is 1.06. The van der Waals surface area contributed by atoms with Gasteiger partial charge in [0.1, 0.15) is 23.3 Å². The molecule has 12 aromatic rings. The Bertz CT molecular complexity index is 3930. The van der Waals surface area contributed by atoms with Gasteiger partial charge in [-0.1, -0.05) is 133 Å². The minimum Gasteiger partial charge on any atom is -0.307 e. The van der Waals surface area contributed by atoms with Gasteiger partial charge in [-0.15, -0.1) is 0 Å². The normalized spacial score (nSPS) is 11.2. The topological polar surface area (TPSA) is 54.1 Å². The van der Waals surface area contributed by atoms with Crippen LogP contribution < -0.4 is 9.80 Å². The quantitative estimate of drug-likeness (QED) is 0.101. The molecule has 0 unspecified atom stereocenters. The number of hydrogen-bond acceptors (Lipinski definition) is 4. The lowest BCUT2D eigenvalue weighted by atomic mass is 9.91. The van der Waals surface area contributed by atoms with Crippen molar-refractivity contribution in [2.75, 3.05) is 9.80 Å². The molecule has 12 aromatic carbocycles. The van der Waals surface area contributed by atoms with Crippen molar-refractivity contribution in [2.24, 2.45) is 0 Å². The molecular weight excluding hydrogens is 925 g/mol. The van der Waals surface area contributed by atoms with E-state index < -0.39 is 23.3 Å². The molecular formula is C66H38F4N4. The Kier molecular flexibility index (Phi) is 11.4. The molecule has 12 rings (SSSR count). The molecule has 0 radical (unpaired) electrons. The van der Waals surface area contributed by atoms with Crippen molar-refractivity contribution >= 4 is 66.4 Å². The van der Waals surface area contributed by atoms with Crippen molar-refractivity contribution in [1.29, 1.82) is 10.5 Å². The molecule has 0 aliphatic carbocycles. The summed E-state index contributed by atoms with van der Waals surface area (Å²) in [5.41, 5.74) is 8.34. The van der Waals surface area contributed by atoms with Crippen molar-refractivity contribution in [3.05, 3.63) is 265 Å². The first kappa shape index (κ1) is 45.1. The summed E-state index contributed by atoms with van der Waals surface area (Å²) in [6.07, 6.45) is 0. The molecule has 0 spiro atoms. The van der Waals surface area contributed by atoms with Gasteiger partial charge in [-0.25, -0.2) is 17.6 Å². The second kappa shape index (κ2) is 18.6. The molecule has 0 heterocycles. The van der Waals surface area contributed by atoms with Gasteiger partial charge in [0.25, 0.3) is 0 Å². The highest BCUT2D eigenvalue weighted by molar-refractivity contribution is 6.28. The van der Waals surface area contributed by atoms with Gasteiger partial charge in [-0.3, -0.25) is 0 Å². The molecule has 350 valence electrons. The summed E-state index contributed by atoms with van der Waals surface area (Å²) in [6.45, 7) is 0. The zero-order valence-electron chi connectivity index (χ0n) is 39.2. The van der Waals surface area contributed by atoms with Crippen LogP contribution in [0.25, 0.3) is 76.8 Å². The number of hydrogen-bond donors (Lipinski definition) is 0. The molecule has 0 bridgehead atoms. The van der Waals surface area contributed by atoms with E-state index >= 15 is 17.6 Å². The maximum atomic E-state index is 16.8. The highest BCUT2D eigenvalue weighted by atomic mass is 19.1. The Hall–Kier alpha value is -10.0. The van der Waals surface area contributed by atoms with Crippen LogP contribution in [0.15, 0.2) is 231 Å². The SMILES string of the molecule is N#Cc1ccc(N(c2cc(-c3cccc(-c4ccccc4)c3)c(F)cc2F)c2ccc3ccc4c(N(c5ccc(C#N)cc5)c5cc(-c6cccc(-c7ccccc7)c6)c(F)cc5F)ccc5ccc2c3c54)cc1. The van der Waals surface area contributed by atoms with Crippen LogP contribution in [0.5, 0.6) is 0 Å². The van der Waals surface area contributed by atoms with E-state index in [1.165, 1.54) is 12.1 Å². The van der Waals surface area contributed by atoms with Crippen molar-refractivity contribution in [3.8, 4) is 56.6 Å². The number of anilines is 6. The summed E-state index contributed by atoms with van der Waals surface area (Å²) in [6, 6.07) is 73.0. The zero-order valence-corrected chi connectivity index (χ0v) is 39.2. The third kappa shape index (κ3) is 7.98. The first-order valence-electron chi connectivity index (χ1n) is 23.9. The van der Waals surface area contributed by atoms with Crippen LogP contribution in [0.4, 0.5) is 51.7 Å². The molecule has 74 heavy (non-hydrogen) atoms. The van der Waals surface area contributed by atoms with E-state index in [2.05, 4.69) is 12.1 Å². The minimum atomic E-state index is -0.798. The third-order valence-electron chi connectivity index (χ3n) is 13.7. The number of benzene rings is 12. The Morgan fingerprint density at radius 2 is 0.662 bits per heavy atom. The van der Waals surface area contributed by atoms with Gasteiger partial charge < -0.3 is 9.80 Å². The van der Waals surface area contributed by atoms with E-state index in [1.807, 2.05) is 146 Å². The van der Waals surface area contributed by atoms with Crippen LogP contribution in [0.1, 0.15) is 11.1 Å². The van der Waals surface area contributed by atoms with Gasteiger partial charge in [-0.2, -0.15) is 10.5 Å². The molecule has 0 atom stereocenters. The molecule has 4 nitrogen and oxygen atoms in total. The molecule has 0 saturated carbocycles. The molecule has 8 heteroatoms. The first-order chi connectivity index (χ1) is 36.2. The maximum Gasteiger partial charge on any atom is 0.150 e. The summed E-state index contributed by atoms with van der Waals surface area (Å²) >= 11 is 0. The van der Waals surface area contributed by atoms with E-state index in [0.29, 0.717) is 45.0 Å². The van der Waals surface area contributed by atoms with Crippen molar-refractivity contribution in [2.45, 2.75) is 0 Å². The van der Waals surface area contributed by atoms with E-state index in [9.17, 15) is 10.5 Å². The van der Waals surface area contributed by atoms with Gasteiger partial charge in [0.05, 0.1) is 46.0 Å². The van der Waals surface area contributed by atoms with Gasteiger partial charge in [0, 0.05) is 45.4 Å². The van der Waals surface area contributed by atoms with Crippen LogP contribution >= 0.6 is 0 Å². The minimum absolute atomic E-state index is 0.0795. The van der Waals surface area contributed by atoms with Crippen LogP contribution in [0.2, 0.25) is 0 Å². The fourth-order valence-electron chi connectivity index (χ4n) is 10.2. The average Bonchev–Trinajstić information content (AvgIpc) is 3.45. The summed E-state index contributed by atoms with van der Waals surface area (Å²) in [5.74, 6) is -3.05. The van der Waals surface area contributed by atoms with Crippen molar-refractivity contribution in [3.63, 3.8) is 0 Å². The summed E-state index contributed by atoms with van der Waals surface area (Å²) in [4.78, 5) is 3.50. The van der Waals surface area contributed by atoms with Crippen molar-refractivity contribution in [1.82, 2.24) is 0 Å². The summed E-state index contributed by atoms with van der Waals surface area (Å²) in [5, 5.41) is 24.5. The van der Waals surface area contributed by atoms with E-state index in [1.54, 1.807) is 70.5 Å². The van der Waals surface area contributed by atoms with Crippen LogP contribution in [0, 0.1) is 45.9 Å². The number of nitriles is 2. The molecule has 0 amide bonds. The predicted molar refractivity (Wildman–Crippen MR) is 291 cm³/mol. The molecule has 0 saturated heterocycles. The molecule has 0 aliphatic rings. The zero-order chi connectivity index (χ0) is 50.5. The van der Waals surface area contributed by atoms with E-state index in [-0.39, 0.29) is 22.5 Å². The number of rotatable bonds is 10. The Morgan fingerprint density at radius 1 is 0.297 bits per heavy atom. The second-order valence-corrected chi connectivity index (χ2v) is 18.0. The van der Waals surface area contributed by atoms with Crippen LogP contribution in [-0.4, -0.2) is 0 Å². The first-order valence-corrected chi connectivity index (χ1v) is 23.9. The van der Waals surface area contributed by atoms with Gasteiger partial charge in [-0.05, 0) is 140 Å². The molecule has 0 aliphatic heterocycles. The molecule has 0 fully saturated rings. The third-order valence-corrected chi connectivity index (χ3v) is 13.7. The largest absolute Gasteiger partial charge is 0.307 e. The van der Waals surface area contributed by atoms with Gasteiger partial charge in [0.2, 0.25) is 0 Å². The monoisotopic (exact) mass is 962 g/mol. The summed E-state index contributed by atoms with van der Waals surface area (Å²) in [7, 11) is 0.